The minimum Gasteiger partial charge on any atom is -0.488 e. The van der Waals surface area contributed by atoms with E-state index in [-0.39, 0.29) is 12.5 Å². The van der Waals surface area contributed by atoms with E-state index >= 15 is 0 Å². The molecule has 0 spiro atoms. The summed E-state index contributed by atoms with van der Waals surface area (Å²) in [6.45, 7) is 0.267. The van der Waals surface area contributed by atoms with Gasteiger partial charge in [0.2, 0.25) is 0 Å². The zero-order chi connectivity index (χ0) is 13.9. The Kier molecular flexibility index (Phi) is 3.44. The highest BCUT2D eigenvalue weighted by molar-refractivity contribution is 6.31. The molecule has 2 aromatic rings. The normalized spacial score (nSPS) is 12.9. The number of para-hydroxylation sites is 1. The lowest BCUT2D eigenvalue weighted by Crippen LogP contribution is -2.21. The van der Waals surface area contributed by atoms with Crippen molar-refractivity contribution >= 4 is 29.3 Å². The SMILES string of the molecule is O=C(Nc1cccc(Cl)c1)C1=Cc2ccccc2OC1. The van der Waals surface area contributed by atoms with Gasteiger partial charge in [-0.3, -0.25) is 4.79 Å². The highest BCUT2D eigenvalue weighted by atomic mass is 35.5. The van der Waals surface area contributed by atoms with E-state index in [9.17, 15) is 4.79 Å². The van der Waals surface area contributed by atoms with Crippen LogP contribution in [0.1, 0.15) is 5.56 Å². The molecule has 2 aromatic carbocycles. The Morgan fingerprint density at radius 3 is 2.85 bits per heavy atom. The van der Waals surface area contributed by atoms with E-state index in [0.29, 0.717) is 16.3 Å². The maximum Gasteiger partial charge on any atom is 0.255 e. The third kappa shape index (κ3) is 2.68. The molecule has 4 heteroatoms. The van der Waals surface area contributed by atoms with Crippen LogP contribution < -0.4 is 10.1 Å². The van der Waals surface area contributed by atoms with Gasteiger partial charge in [0.25, 0.3) is 5.91 Å². The number of rotatable bonds is 2. The van der Waals surface area contributed by atoms with Gasteiger partial charge < -0.3 is 10.1 Å². The van der Waals surface area contributed by atoms with Crippen LogP contribution in [-0.2, 0) is 4.79 Å². The molecule has 0 aromatic heterocycles. The molecule has 0 saturated heterocycles. The molecule has 0 unspecified atom stereocenters. The Labute approximate surface area is 121 Å². The average Bonchev–Trinajstić information content (AvgIpc) is 2.47. The van der Waals surface area contributed by atoms with E-state index in [0.717, 1.165) is 11.3 Å². The second-order valence-corrected chi connectivity index (χ2v) is 4.90. The summed E-state index contributed by atoms with van der Waals surface area (Å²) in [5.74, 6) is 0.619. The van der Waals surface area contributed by atoms with E-state index in [2.05, 4.69) is 5.32 Å². The topological polar surface area (TPSA) is 38.3 Å². The maximum atomic E-state index is 12.2. The summed E-state index contributed by atoms with van der Waals surface area (Å²) in [6, 6.07) is 14.7. The summed E-state index contributed by atoms with van der Waals surface area (Å²) in [7, 11) is 0. The van der Waals surface area contributed by atoms with Crippen molar-refractivity contribution in [3.8, 4) is 5.75 Å². The van der Waals surface area contributed by atoms with Gasteiger partial charge in [0.15, 0.2) is 0 Å². The Balaban J connectivity index is 1.80. The molecular weight excluding hydrogens is 274 g/mol. The molecule has 0 saturated carbocycles. The Morgan fingerprint density at radius 2 is 2.00 bits per heavy atom. The van der Waals surface area contributed by atoms with Crippen molar-refractivity contribution < 1.29 is 9.53 Å². The van der Waals surface area contributed by atoms with E-state index in [1.165, 1.54) is 0 Å². The van der Waals surface area contributed by atoms with Crippen molar-refractivity contribution in [2.75, 3.05) is 11.9 Å². The Hall–Kier alpha value is -2.26. The minimum absolute atomic E-state index is 0.179. The molecule has 0 atom stereocenters. The molecule has 1 aliphatic heterocycles. The standard InChI is InChI=1S/C16H12ClNO2/c17-13-5-3-6-14(9-13)18-16(19)12-8-11-4-1-2-7-15(11)20-10-12/h1-9H,10H2,(H,18,19). The number of nitrogens with one attached hydrogen (secondary N) is 1. The lowest BCUT2D eigenvalue weighted by molar-refractivity contribution is -0.113. The number of benzene rings is 2. The smallest absolute Gasteiger partial charge is 0.255 e. The summed E-state index contributed by atoms with van der Waals surface area (Å²) in [5, 5.41) is 3.40. The quantitative estimate of drug-likeness (QED) is 0.912. The van der Waals surface area contributed by atoms with Gasteiger partial charge in [-0.2, -0.15) is 0 Å². The first-order valence-corrected chi connectivity index (χ1v) is 6.59. The van der Waals surface area contributed by atoms with Gasteiger partial charge >= 0.3 is 0 Å². The van der Waals surface area contributed by atoms with Gasteiger partial charge in [-0.1, -0.05) is 35.9 Å². The third-order valence-electron chi connectivity index (χ3n) is 3.01. The first-order chi connectivity index (χ1) is 9.72. The fourth-order valence-electron chi connectivity index (χ4n) is 2.02. The molecule has 1 aliphatic rings. The van der Waals surface area contributed by atoms with Gasteiger partial charge in [0.05, 0.1) is 5.57 Å². The van der Waals surface area contributed by atoms with Crippen molar-refractivity contribution in [3.05, 3.63) is 64.7 Å². The van der Waals surface area contributed by atoms with E-state index in [4.69, 9.17) is 16.3 Å². The number of amides is 1. The number of carbonyl (C=O) groups is 1. The minimum atomic E-state index is -0.179. The largest absolute Gasteiger partial charge is 0.488 e. The lowest BCUT2D eigenvalue weighted by Gasteiger charge is -2.17. The maximum absolute atomic E-state index is 12.2. The molecule has 100 valence electrons. The van der Waals surface area contributed by atoms with Gasteiger partial charge in [-0.05, 0) is 30.3 Å². The second-order valence-electron chi connectivity index (χ2n) is 4.46. The van der Waals surface area contributed by atoms with E-state index < -0.39 is 0 Å². The molecule has 3 nitrogen and oxygen atoms in total. The number of carbonyl (C=O) groups excluding carboxylic acids is 1. The number of hydrogen-bond donors (Lipinski definition) is 1. The zero-order valence-corrected chi connectivity index (χ0v) is 11.4. The van der Waals surface area contributed by atoms with Crippen LogP contribution in [0.4, 0.5) is 5.69 Å². The molecule has 0 bridgehead atoms. The second kappa shape index (κ2) is 5.39. The molecule has 1 heterocycles. The summed E-state index contributed by atoms with van der Waals surface area (Å²) >= 11 is 5.89. The molecule has 0 fully saturated rings. The zero-order valence-electron chi connectivity index (χ0n) is 10.6. The molecule has 0 aliphatic carbocycles. The number of fused-ring (bicyclic) bond motifs is 1. The van der Waals surface area contributed by atoms with Crippen molar-refractivity contribution in [1.29, 1.82) is 0 Å². The van der Waals surface area contributed by atoms with Crippen molar-refractivity contribution in [2.24, 2.45) is 0 Å². The summed E-state index contributed by atoms with van der Waals surface area (Å²) in [5.41, 5.74) is 2.17. The van der Waals surface area contributed by atoms with Crippen molar-refractivity contribution in [3.63, 3.8) is 0 Å². The Morgan fingerprint density at radius 1 is 1.15 bits per heavy atom. The molecule has 1 amide bonds. The third-order valence-corrected chi connectivity index (χ3v) is 3.24. The van der Waals surface area contributed by atoms with Gasteiger partial charge in [0, 0.05) is 16.3 Å². The van der Waals surface area contributed by atoms with Crippen LogP contribution in [0, 0.1) is 0 Å². The van der Waals surface area contributed by atoms with Gasteiger partial charge in [-0.15, -0.1) is 0 Å². The molecule has 1 N–H and O–H groups in total. The van der Waals surface area contributed by atoms with Gasteiger partial charge in [0.1, 0.15) is 12.4 Å². The molecule has 0 radical (unpaired) electrons. The summed E-state index contributed by atoms with van der Waals surface area (Å²) < 4.78 is 5.56. The van der Waals surface area contributed by atoms with Crippen LogP contribution in [0.3, 0.4) is 0 Å². The first-order valence-electron chi connectivity index (χ1n) is 6.22. The van der Waals surface area contributed by atoms with Crippen LogP contribution in [0.15, 0.2) is 54.1 Å². The van der Waals surface area contributed by atoms with E-state index in [1.54, 1.807) is 24.3 Å². The average molecular weight is 286 g/mol. The number of ether oxygens (including phenoxy) is 1. The molecular formula is C16H12ClNO2. The summed E-state index contributed by atoms with van der Waals surface area (Å²) in [6.07, 6.45) is 1.85. The monoisotopic (exact) mass is 285 g/mol. The first kappa shape index (κ1) is 12.8. The molecule has 20 heavy (non-hydrogen) atoms. The highest BCUT2D eigenvalue weighted by Gasteiger charge is 2.16. The van der Waals surface area contributed by atoms with Crippen LogP contribution in [0.2, 0.25) is 5.02 Å². The molecule has 3 rings (SSSR count). The number of anilines is 1. The fraction of sp³-hybridized carbons (Fsp3) is 0.0625. The van der Waals surface area contributed by atoms with Crippen molar-refractivity contribution in [1.82, 2.24) is 0 Å². The number of halogens is 1. The van der Waals surface area contributed by atoms with Crippen LogP contribution >= 0.6 is 11.6 Å². The van der Waals surface area contributed by atoms with Crippen LogP contribution in [-0.4, -0.2) is 12.5 Å². The fourth-order valence-corrected chi connectivity index (χ4v) is 2.22. The number of hydrogen-bond acceptors (Lipinski definition) is 2. The predicted octanol–water partition coefficient (Wildman–Crippen LogP) is 3.75. The Bertz CT molecular complexity index is 694. The van der Waals surface area contributed by atoms with E-state index in [1.807, 2.05) is 30.3 Å². The lowest BCUT2D eigenvalue weighted by atomic mass is 10.1. The van der Waals surface area contributed by atoms with Gasteiger partial charge in [-0.25, -0.2) is 0 Å². The predicted molar refractivity (Wildman–Crippen MR) is 80.0 cm³/mol. The summed E-state index contributed by atoms with van der Waals surface area (Å²) in [4.78, 5) is 12.2. The highest BCUT2D eigenvalue weighted by Crippen LogP contribution is 2.26. The van der Waals surface area contributed by atoms with Crippen molar-refractivity contribution in [2.45, 2.75) is 0 Å². The van der Waals surface area contributed by atoms with Crippen LogP contribution in [0.5, 0.6) is 5.75 Å². The van der Waals surface area contributed by atoms with Crippen LogP contribution in [0.25, 0.3) is 6.08 Å².